The van der Waals surface area contributed by atoms with Crippen LogP contribution in [0.3, 0.4) is 0 Å². The number of piperidine rings is 1. The second-order valence-electron chi connectivity index (χ2n) is 5.50. The Morgan fingerprint density at radius 1 is 1.39 bits per heavy atom. The lowest BCUT2D eigenvalue weighted by atomic mass is 9.92. The van der Waals surface area contributed by atoms with Gasteiger partial charge in [-0.05, 0) is 50.3 Å². The van der Waals surface area contributed by atoms with Crippen molar-refractivity contribution in [2.75, 3.05) is 12.3 Å². The van der Waals surface area contributed by atoms with E-state index in [4.69, 9.17) is 5.73 Å². The Labute approximate surface area is 109 Å². The molecule has 1 aliphatic heterocycles. The van der Waals surface area contributed by atoms with E-state index < -0.39 is 0 Å². The van der Waals surface area contributed by atoms with E-state index in [-0.39, 0.29) is 5.91 Å². The Hall–Kier alpha value is -1.51. The average molecular weight is 246 g/mol. The van der Waals surface area contributed by atoms with Crippen molar-refractivity contribution < 1.29 is 4.79 Å². The number of hydrogen-bond acceptors (Lipinski definition) is 2. The molecule has 0 spiro atoms. The van der Waals surface area contributed by atoms with Gasteiger partial charge in [-0.15, -0.1) is 0 Å². The zero-order chi connectivity index (χ0) is 13.3. The van der Waals surface area contributed by atoms with Gasteiger partial charge in [0.25, 0.3) is 5.91 Å². The molecule has 3 nitrogen and oxygen atoms in total. The monoisotopic (exact) mass is 246 g/mol. The molecular formula is C15H22N2O. The average Bonchev–Trinajstić information content (AvgIpc) is 2.32. The summed E-state index contributed by atoms with van der Waals surface area (Å²) in [5.41, 5.74) is 8.21. The van der Waals surface area contributed by atoms with Crippen LogP contribution >= 0.6 is 0 Å². The van der Waals surface area contributed by atoms with E-state index >= 15 is 0 Å². The fraction of sp³-hybridized carbons (Fsp3) is 0.533. The SMILES string of the molecule is Cc1c(N)cccc1C(=O)N1CCC(C)CC1C. The van der Waals surface area contributed by atoms with Gasteiger partial charge in [-0.3, -0.25) is 4.79 Å². The minimum atomic E-state index is 0.124. The van der Waals surface area contributed by atoms with Crippen LogP contribution in [-0.4, -0.2) is 23.4 Å². The molecule has 0 radical (unpaired) electrons. The Kier molecular flexibility index (Phi) is 3.60. The number of nitrogens with zero attached hydrogens (tertiary/aromatic N) is 1. The van der Waals surface area contributed by atoms with Gasteiger partial charge >= 0.3 is 0 Å². The summed E-state index contributed by atoms with van der Waals surface area (Å²) in [6.07, 6.45) is 2.19. The molecule has 1 fully saturated rings. The molecule has 2 N–H and O–H groups in total. The first-order valence-corrected chi connectivity index (χ1v) is 6.66. The molecule has 2 rings (SSSR count). The van der Waals surface area contributed by atoms with Crippen molar-refractivity contribution in [2.24, 2.45) is 5.92 Å². The first kappa shape index (κ1) is 12.9. The van der Waals surface area contributed by atoms with Crippen LogP contribution in [0.15, 0.2) is 18.2 Å². The molecule has 98 valence electrons. The third-order valence-electron chi connectivity index (χ3n) is 4.01. The van der Waals surface area contributed by atoms with Gasteiger partial charge in [0, 0.05) is 23.8 Å². The van der Waals surface area contributed by atoms with Crippen LogP contribution in [0.4, 0.5) is 5.69 Å². The Balaban J connectivity index is 2.23. The summed E-state index contributed by atoms with van der Waals surface area (Å²) in [7, 11) is 0. The zero-order valence-corrected chi connectivity index (χ0v) is 11.4. The fourth-order valence-corrected chi connectivity index (χ4v) is 2.75. The van der Waals surface area contributed by atoms with Gasteiger partial charge in [-0.1, -0.05) is 13.0 Å². The van der Waals surface area contributed by atoms with E-state index in [2.05, 4.69) is 13.8 Å². The number of nitrogens with two attached hydrogens (primary N) is 1. The van der Waals surface area contributed by atoms with Gasteiger partial charge in [0.2, 0.25) is 0 Å². The standard InChI is InChI=1S/C15H22N2O/c1-10-7-8-17(11(2)9-10)15(18)13-5-4-6-14(16)12(13)3/h4-6,10-11H,7-9,16H2,1-3H3. The zero-order valence-electron chi connectivity index (χ0n) is 11.4. The summed E-state index contributed by atoms with van der Waals surface area (Å²) in [6.45, 7) is 7.16. The molecule has 1 aromatic rings. The molecule has 0 saturated carbocycles. The van der Waals surface area contributed by atoms with Crippen LogP contribution in [0.25, 0.3) is 0 Å². The summed E-state index contributed by atoms with van der Waals surface area (Å²) in [4.78, 5) is 14.5. The number of benzene rings is 1. The number of anilines is 1. The number of likely N-dealkylation sites (tertiary alicyclic amines) is 1. The van der Waals surface area contributed by atoms with Crippen LogP contribution < -0.4 is 5.73 Å². The molecule has 2 atom stereocenters. The van der Waals surface area contributed by atoms with Crippen molar-refractivity contribution in [3.8, 4) is 0 Å². The maximum atomic E-state index is 12.6. The highest BCUT2D eigenvalue weighted by Gasteiger charge is 2.28. The van der Waals surface area contributed by atoms with Crippen molar-refractivity contribution in [1.82, 2.24) is 4.90 Å². The lowest BCUT2D eigenvalue weighted by molar-refractivity contribution is 0.0588. The summed E-state index contributed by atoms with van der Waals surface area (Å²) >= 11 is 0. The first-order valence-electron chi connectivity index (χ1n) is 6.66. The van der Waals surface area contributed by atoms with E-state index in [9.17, 15) is 4.79 Å². The largest absolute Gasteiger partial charge is 0.398 e. The summed E-state index contributed by atoms with van der Waals surface area (Å²) in [5.74, 6) is 0.838. The highest BCUT2D eigenvalue weighted by molar-refractivity contribution is 5.97. The minimum absolute atomic E-state index is 0.124. The third kappa shape index (κ3) is 2.35. The lowest BCUT2D eigenvalue weighted by Crippen LogP contribution is -2.44. The third-order valence-corrected chi connectivity index (χ3v) is 4.01. The van der Waals surface area contributed by atoms with Gasteiger partial charge in [-0.25, -0.2) is 0 Å². The Bertz CT molecular complexity index is 456. The van der Waals surface area contributed by atoms with Crippen LogP contribution in [0, 0.1) is 12.8 Å². The molecule has 1 aliphatic rings. The summed E-state index contributed by atoms with van der Waals surface area (Å²) in [6, 6.07) is 5.89. The topological polar surface area (TPSA) is 46.3 Å². The van der Waals surface area contributed by atoms with Crippen molar-refractivity contribution >= 4 is 11.6 Å². The van der Waals surface area contributed by atoms with Crippen molar-refractivity contribution in [2.45, 2.75) is 39.7 Å². The smallest absolute Gasteiger partial charge is 0.254 e. The van der Waals surface area contributed by atoms with Crippen LogP contribution in [-0.2, 0) is 0 Å². The first-order chi connectivity index (χ1) is 8.50. The van der Waals surface area contributed by atoms with Gasteiger partial charge in [0.15, 0.2) is 0 Å². The molecule has 1 heterocycles. The van der Waals surface area contributed by atoms with Crippen molar-refractivity contribution in [3.63, 3.8) is 0 Å². The predicted octanol–water partition coefficient (Wildman–Crippen LogP) is 2.84. The van der Waals surface area contributed by atoms with Gasteiger partial charge in [0.1, 0.15) is 0 Å². The Morgan fingerprint density at radius 2 is 2.11 bits per heavy atom. The molecule has 0 bridgehead atoms. The summed E-state index contributed by atoms with van der Waals surface area (Å²) < 4.78 is 0. The van der Waals surface area contributed by atoms with Crippen LogP contribution in [0.2, 0.25) is 0 Å². The molecule has 0 aromatic heterocycles. The number of amides is 1. The molecule has 3 heteroatoms. The molecule has 2 unspecified atom stereocenters. The highest BCUT2D eigenvalue weighted by atomic mass is 16.2. The normalized spacial score (nSPS) is 24.1. The quantitative estimate of drug-likeness (QED) is 0.774. The van der Waals surface area contributed by atoms with Crippen LogP contribution in [0.5, 0.6) is 0 Å². The highest BCUT2D eigenvalue weighted by Crippen LogP contribution is 2.25. The fourth-order valence-electron chi connectivity index (χ4n) is 2.75. The number of rotatable bonds is 1. The van der Waals surface area contributed by atoms with Crippen molar-refractivity contribution in [1.29, 1.82) is 0 Å². The second kappa shape index (κ2) is 5.01. The summed E-state index contributed by atoms with van der Waals surface area (Å²) in [5, 5.41) is 0. The van der Waals surface area contributed by atoms with E-state index in [0.29, 0.717) is 17.6 Å². The molecule has 0 aliphatic carbocycles. The van der Waals surface area contributed by atoms with E-state index in [0.717, 1.165) is 30.5 Å². The Morgan fingerprint density at radius 3 is 2.78 bits per heavy atom. The number of carbonyl (C=O) groups excluding carboxylic acids is 1. The molecule has 1 saturated heterocycles. The van der Waals surface area contributed by atoms with Gasteiger partial charge < -0.3 is 10.6 Å². The lowest BCUT2D eigenvalue weighted by Gasteiger charge is -2.37. The number of carbonyl (C=O) groups is 1. The predicted molar refractivity (Wildman–Crippen MR) is 74.5 cm³/mol. The van der Waals surface area contributed by atoms with E-state index in [1.807, 2.05) is 30.0 Å². The molecular weight excluding hydrogens is 224 g/mol. The second-order valence-corrected chi connectivity index (χ2v) is 5.50. The maximum absolute atomic E-state index is 12.6. The minimum Gasteiger partial charge on any atom is -0.398 e. The number of nitrogen functional groups attached to an aromatic ring is 1. The van der Waals surface area contributed by atoms with Gasteiger partial charge in [0.05, 0.1) is 0 Å². The van der Waals surface area contributed by atoms with E-state index in [1.165, 1.54) is 0 Å². The maximum Gasteiger partial charge on any atom is 0.254 e. The van der Waals surface area contributed by atoms with E-state index in [1.54, 1.807) is 0 Å². The number of hydrogen-bond donors (Lipinski definition) is 1. The van der Waals surface area contributed by atoms with Gasteiger partial charge in [-0.2, -0.15) is 0 Å². The van der Waals surface area contributed by atoms with Crippen LogP contribution in [0.1, 0.15) is 42.6 Å². The molecule has 1 amide bonds. The van der Waals surface area contributed by atoms with Crippen molar-refractivity contribution in [3.05, 3.63) is 29.3 Å². The molecule has 18 heavy (non-hydrogen) atoms. The molecule has 1 aromatic carbocycles.